The molecule has 0 aliphatic carbocycles. The van der Waals surface area contributed by atoms with Gasteiger partial charge in [-0.25, -0.2) is 13.4 Å². The van der Waals surface area contributed by atoms with Crippen molar-refractivity contribution in [3.05, 3.63) is 63.7 Å². The van der Waals surface area contributed by atoms with Crippen molar-refractivity contribution in [2.75, 3.05) is 31.1 Å². The van der Waals surface area contributed by atoms with Gasteiger partial charge in [-0.1, -0.05) is 59.1 Å². The Labute approximate surface area is 178 Å². The van der Waals surface area contributed by atoms with Crippen molar-refractivity contribution >= 4 is 61.4 Å². The predicted octanol–water partition coefficient (Wildman–Crippen LogP) is 4.71. The number of rotatable bonds is 3. The van der Waals surface area contributed by atoms with Crippen LogP contribution in [0.3, 0.4) is 0 Å². The Bertz CT molecular complexity index is 1150. The van der Waals surface area contributed by atoms with Gasteiger partial charge in [0.15, 0.2) is 0 Å². The van der Waals surface area contributed by atoms with Crippen molar-refractivity contribution < 1.29 is 8.42 Å². The first-order chi connectivity index (χ1) is 13.4. The van der Waals surface area contributed by atoms with Gasteiger partial charge < -0.3 is 4.90 Å². The van der Waals surface area contributed by atoms with Crippen molar-refractivity contribution in [3.63, 3.8) is 0 Å². The van der Waals surface area contributed by atoms with Gasteiger partial charge in [0.25, 0.3) is 0 Å². The monoisotopic (exact) mass is 455 g/mol. The maximum atomic E-state index is 13.0. The van der Waals surface area contributed by atoms with Crippen molar-refractivity contribution in [1.82, 2.24) is 9.29 Å². The van der Waals surface area contributed by atoms with Crippen LogP contribution in [0.2, 0.25) is 15.2 Å². The molecule has 0 spiro atoms. The van der Waals surface area contributed by atoms with Gasteiger partial charge in [0, 0.05) is 36.6 Å². The summed E-state index contributed by atoms with van der Waals surface area (Å²) in [5.74, 6) is 0.738. The average molecular weight is 457 g/mol. The molecular formula is C19H16Cl3N3O2S. The van der Waals surface area contributed by atoms with E-state index in [-0.39, 0.29) is 9.92 Å². The van der Waals surface area contributed by atoms with E-state index in [0.717, 1.165) is 16.6 Å². The van der Waals surface area contributed by atoms with Crippen LogP contribution in [0.4, 0.5) is 5.82 Å². The van der Waals surface area contributed by atoms with E-state index < -0.39 is 10.0 Å². The quantitative estimate of drug-likeness (QED) is 0.536. The molecule has 1 fully saturated rings. The molecular weight excluding hydrogens is 441 g/mol. The third-order valence-electron chi connectivity index (χ3n) is 4.75. The Morgan fingerprint density at radius 2 is 1.61 bits per heavy atom. The van der Waals surface area contributed by atoms with Crippen molar-refractivity contribution in [2.24, 2.45) is 0 Å². The Balaban J connectivity index is 1.56. The maximum absolute atomic E-state index is 13.0. The minimum absolute atomic E-state index is 0.0296. The van der Waals surface area contributed by atoms with E-state index in [1.165, 1.54) is 16.4 Å². The number of hydrogen-bond acceptors (Lipinski definition) is 4. The first-order valence-corrected chi connectivity index (χ1v) is 11.2. The number of halogens is 3. The summed E-state index contributed by atoms with van der Waals surface area (Å²) < 4.78 is 27.3. The van der Waals surface area contributed by atoms with E-state index >= 15 is 0 Å². The van der Waals surface area contributed by atoms with Crippen molar-refractivity contribution in [1.29, 1.82) is 0 Å². The molecule has 0 unspecified atom stereocenters. The lowest BCUT2D eigenvalue weighted by molar-refractivity contribution is 0.384. The van der Waals surface area contributed by atoms with Crippen LogP contribution in [-0.2, 0) is 10.0 Å². The summed E-state index contributed by atoms with van der Waals surface area (Å²) in [7, 11) is -3.72. The molecule has 1 aliphatic rings. The van der Waals surface area contributed by atoms with E-state index in [2.05, 4.69) is 4.98 Å². The zero-order valence-electron chi connectivity index (χ0n) is 14.6. The number of piperazine rings is 1. The normalized spacial score (nSPS) is 15.9. The summed E-state index contributed by atoms with van der Waals surface area (Å²) in [6, 6.07) is 14.2. The molecule has 4 rings (SSSR count). The zero-order valence-corrected chi connectivity index (χ0v) is 17.7. The third kappa shape index (κ3) is 3.67. The molecule has 28 heavy (non-hydrogen) atoms. The molecule has 146 valence electrons. The first kappa shape index (κ1) is 19.7. The van der Waals surface area contributed by atoms with Gasteiger partial charge in [-0.15, -0.1) is 0 Å². The molecule has 1 aromatic heterocycles. The smallest absolute Gasteiger partial charge is 0.244 e. The van der Waals surface area contributed by atoms with Gasteiger partial charge in [-0.05, 0) is 29.7 Å². The highest BCUT2D eigenvalue weighted by molar-refractivity contribution is 7.89. The second-order valence-electron chi connectivity index (χ2n) is 6.46. The van der Waals surface area contributed by atoms with E-state index in [4.69, 9.17) is 34.8 Å². The van der Waals surface area contributed by atoms with Gasteiger partial charge in [-0.3, -0.25) is 0 Å². The van der Waals surface area contributed by atoms with Crippen LogP contribution in [0.15, 0.2) is 53.4 Å². The van der Waals surface area contributed by atoms with E-state index in [1.807, 2.05) is 35.2 Å². The molecule has 0 amide bonds. The topological polar surface area (TPSA) is 53.5 Å². The van der Waals surface area contributed by atoms with E-state index in [9.17, 15) is 8.42 Å². The van der Waals surface area contributed by atoms with Crippen molar-refractivity contribution in [2.45, 2.75) is 4.90 Å². The standard InChI is InChI=1S/C19H16Cl3N3O2S/c20-14-5-6-16(21)17(12-14)28(26,27)25-9-7-24(8-10-25)18-11-13-3-1-2-4-15(13)19(22)23-18/h1-6,11-12H,7-10H2. The summed E-state index contributed by atoms with van der Waals surface area (Å²) in [5.41, 5.74) is 0. The van der Waals surface area contributed by atoms with E-state index in [0.29, 0.717) is 36.4 Å². The maximum Gasteiger partial charge on any atom is 0.244 e. The molecule has 0 bridgehead atoms. The fraction of sp³-hybridized carbons (Fsp3) is 0.211. The lowest BCUT2D eigenvalue weighted by atomic mass is 10.2. The minimum Gasteiger partial charge on any atom is -0.354 e. The molecule has 1 saturated heterocycles. The Morgan fingerprint density at radius 3 is 2.36 bits per heavy atom. The SMILES string of the molecule is O=S(=O)(c1cc(Cl)ccc1Cl)N1CCN(c2cc3ccccc3c(Cl)n2)CC1. The van der Waals surface area contributed by atoms with Crippen LogP contribution < -0.4 is 4.90 Å². The number of hydrogen-bond donors (Lipinski definition) is 0. The van der Waals surface area contributed by atoms with Crippen LogP contribution in [0.25, 0.3) is 10.8 Å². The number of pyridine rings is 1. The highest BCUT2D eigenvalue weighted by atomic mass is 35.5. The molecule has 0 saturated carbocycles. The number of sulfonamides is 1. The van der Waals surface area contributed by atoms with Crippen LogP contribution in [-0.4, -0.2) is 43.9 Å². The molecule has 0 N–H and O–H groups in total. The summed E-state index contributed by atoms with van der Waals surface area (Å²) in [6.07, 6.45) is 0. The second-order valence-corrected chi connectivity index (χ2v) is 9.57. The largest absolute Gasteiger partial charge is 0.354 e. The van der Waals surface area contributed by atoms with Crippen LogP contribution in [0.5, 0.6) is 0 Å². The number of aromatic nitrogens is 1. The summed E-state index contributed by atoms with van der Waals surface area (Å²) >= 11 is 18.4. The summed E-state index contributed by atoms with van der Waals surface area (Å²) in [4.78, 5) is 6.54. The fourth-order valence-corrected chi connectivity index (χ4v) is 5.69. The lowest BCUT2D eigenvalue weighted by Gasteiger charge is -2.35. The van der Waals surface area contributed by atoms with Crippen LogP contribution in [0.1, 0.15) is 0 Å². The Morgan fingerprint density at radius 1 is 0.893 bits per heavy atom. The van der Waals surface area contributed by atoms with Crippen molar-refractivity contribution in [3.8, 4) is 0 Å². The average Bonchev–Trinajstić information content (AvgIpc) is 2.70. The van der Waals surface area contributed by atoms with Gasteiger partial charge in [-0.2, -0.15) is 4.31 Å². The van der Waals surface area contributed by atoms with Gasteiger partial charge in [0.1, 0.15) is 15.9 Å². The Kier molecular flexibility index (Phi) is 5.42. The highest BCUT2D eigenvalue weighted by Gasteiger charge is 2.30. The molecule has 0 atom stereocenters. The molecule has 0 radical (unpaired) electrons. The second kappa shape index (κ2) is 7.69. The van der Waals surface area contributed by atoms with Crippen LogP contribution >= 0.6 is 34.8 Å². The lowest BCUT2D eigenvalue weighted by Crippen LogP contribution is -2.49. The molecule has 1 aliphatic heterocycles. The number of benzene rings is 2. The van der Waals surface area contributed by atoms with E-state index in [1.54, 1.807) is 6.07 Å². The Hall–Kier alpha value is -1.57. The highest BCUT2D eigenvalue weighted by Crippen LogP contribution is 2.30. The fourth-order valence-electron chi connectivity index (χ4n) is 3.28. The molecule has 2 heterocycles. The van der Waals surface area contributed by atoms with Gasteiger partial charge >= 0.3 is 0 Å². The molecule has 5 nitrogen and oxygen atoms in total. The molecule has 2 aromatic carbocycles. The first-order valence-electron chi connectivity index (χ1n) is 8.62. The molecule has 9 heteroatoms. The minimum atomic E-state index is -3.72. The van der Waals surface area contributed by atoms with Crippen LogP contribution in [0, 0.1) is 0 Å². The molecule has 3 aromatic rings. The number of anilines is 1. The number of nitrogens with zero attached hydrogens (tertiary/aromatic N) is 3. The van der Waals surface area contributed by atoms with Gasteiger partial charge in [0.05, 0.1) is 5.02 Å². The summed E-state index contributed by atoms with van der Waals surface area (Å²) in [6.45, 7) is 1.63. The summed E-state index contributed by atoms with van der Waals surface area (Å²) in [5, 5.41) is 2.82. The van der Waals surface area contributed by atoms with Gasteiger partial charge in [0.2, 0.25) is 10.0 Å². The third-order valence-corrected chi connectivity index (χ3v) is 7.66. The number of fused-ring (bicyclic) bond motifs is 1. The predicted molar refractivity (Wildman–Crippen MR) is 114 cm³/mol. The zero-order chi connectivity index (χ0) is 19.9.